The highest BCUT2D eigenvalue weighted by Gasteiger charge is 2.27. The summed E-state index contributed by atoms with van der Waals surface area (Å²) in [5.41, 5.74) is 13.9. The number of pyridine rings is 2. The molecule has 0 amide bonds. The lowest BCUT2D eigenvalue weighted by molar-refractivity contribution is -0.914. The molecule has 0 atom stereocenters. The summed E-state index contributed by atoms with van der Waals surface area (Å²) in [6.07, 6.45) is 0. The Bertz CT molecular complexity index is 1350. The first-order valence-electron chi connectivity index (χ1n) is 11.1. The summed E-state index contributed by atoms with van der Waals surface area (Å²) < 4.78 is 10.9. The van der Waals surface area contributed by atoms with E-state index in [2.05, 4.69) is 27.0 Å². The Morgan fingerprint density at radius 1 is 1.26 bits per heavy atom. The number of carboxylic acid groups (broad SMARTS) is 1. The fraction of sp³-hybridized carbons (Fsp3) is 0.304. The van der Waals surface area contributed by atoms with Crippen LogP contribution in [0.3, 0.4) is 0 Å². The molecule has 180 valence electrons. The number of fused-ring (bicyclic) bond motifs is 2. The van der Waals surface area contributed by atoms with Crippen LogP contribution >= 0.6 is 11.8 Å². The van der Waals surface area contributed by atoms with Gasteiger partial charge in [-0.25, -0.2) is 9.97 Å². The number of rotatable bonds is 6. The van der Waals surface area contributed by atoms with Crippen LogP contribution in [0.2, 0.25) is 0 Å². The van der Waals surface area contributed by atoms with Crippen LogP contribution in [0.4, 0.5) is 17.5 Å². The number of nitriles is 1. The summed E-state index contributed by atoms with van der Waals surface area (Å²) in [6, 6.07) is 9.98. The molecule has 0 bridgehead atoms. The smallest absolute Gasteiger partial charge is 0.282 e. The van der Waals surface area contributed by atoms with Gasteiger partial charge in [0.15, 0.2) is 16.5 Å². The van der Waals surface area contributed by atoms with Crippen LogP contribution in [0, 0.1) is 11.3 Å². The second-order valence-electron chi connectivity index (χ2n) is 8.41. The molecule has 3 aromatic rings. The van der Waals surface area contributed by atoms with E-state index in [4.69, 9.17) is 20.9 Å². The van der Waals surface area contributed by atoms with Crippen LogP contribution in [-0.4, -0.2) is 49.7 Å². The molecule has 11 nitrogen and oxygen atoms in total. The monoisotopic (exact) mass is 494 g/mol. The number of aliphatic carboxylic acids is 1. The summed E-state index contributed by atoms with van der Waals surface area (Å²) in [5, 5.41) is 22.4. The number of hydrogen-bond acceptors (Lipinski definition) is 10. The first-order chi connectivity index (χ1) is 16.9. The van der Waals surface area contributed by atoms with Crippen molar-refractivity contribution in [3.05, 3.63) is 35.4 Å². The minimum Gasteiger partial charge on any atom is -0.549 e. The van der Waals surface area contributed by atoms with Gasteiger partial charge in [-0.15, -0.1) is 0 Å². The predicted molar refractivity (Wildman–Crippen MR) is 127 cm³/mol. The predicted octanol–water partition coefficient (Wildman–Crippen LogP) is -1.44. The highest BCUT2D eigenvalue weighted by atomic mass is 32.2. The maximum atomic E-state index is 10.9. The van der Waals surface area contributed by atoms with Crippen molar-refractivity contribution in [3.8, 4) is 17.6 Å². The lowest BCUT2D eigenvalue weighted by atomic mass is 10.1. The number of piperazine rings is 1. The molecular formula is C23H24N7O4S+. The number of aromatic nitrogens is 2. The molecule has 0 unspecified atom stereocenters. The van der Waals surface area contributed by atoms with E-state index >= 15 is 0 Å². The Kier molecular flexibility index (Phi) is 6.10. The number of nitrogens with one attached hydrogen (secondary N) is 2. The van der Waals surface area contributed by atoms with Crippen molar-refractivity contribution >= 4 is 46.0 Å². The largest absolute Gasteiger partial charge is 0.549 e. The van der Waals surface area contributed by atoms with Crippen molar-refractivity contribution in [1.82, 2.24) is 4.98 Å². The molecule has 6 N–H and O–H groups in total. The van der Waals surface area contributed by atoms with Crippen molar-refractivity contribution in [3.63, 3.8) is 0 Å². The molecule has 2 aromatic heterocycles. The summed E-state index contributed by atoms with van der Waals surface area (Å²) in [6.45, 7) is 4.23. The fourth-order valence-electron chi connectivity index (χ4n) is 4.50. The number of ether oxygens (including phenoxy) is 2. The van der Waals surface area contributed by atoms with Crippen LogP contribution in [0.1, 0.15) is 11.1 Å². The number of nitrogens with two attached hydrogens (primary N) is 2. The fourth-order valence-corrected chi connectivity index (χ4v) is 5.16. The molecule has 5 rings (SSSR count). The number of nitrogen functional groups attached to an aromatic ring is 2. The van der Waals surface area contributed by atoms with Crippen molar-refractivity contribution in [2.45, 2.75) is 11.6 Å². The SMILES string of the molecule is N#Cc1c(N2CC[NH+](Cc3ccc4c(c3)OCO4)CC2)nc(N)c2c(N)[nH+]c(SCC(=O)[O-])cc12. The molecule has 1 fully saturated rings. The zero-order valence-electron chi connectivity index (χ0n) is 18.8. The number of carbonyl (C=O) groups is 1. The number of aromatic amines is 1. The number of H-pyrrole nitrogens is 1. The third kappa shape index (κ3) is 4.55. The molecule has 1 aromatic carbocycles. The molecule has 1 saturated heterocycles. The van der Waals surface area contributed by atoms with E-state index in [0.717, 1.165) is 42.9 Å². The van der Waals surface area contributed by atoms with E-state index < -0.39 is 5.97 Å². The van der Waals surface area contributed by atoms with Crippen molar-refractivity contribution in [1.29, 1.82) is 5.26 Å². The number of carboxylic acids is 1. The maximum Gasteiger partial charge on any atom is 0.282 e. The van der Waals surface area contributed by atoms with Gasteiger partial charge in [0.1, 0.15) is 35.2 Å². The molecule has 35 heavy (non-hydrogen) atoms. The van der Waals surface area contributed by atoms with Gasteiger partial charge in [-0.2, -0.15) is 5.26 Å². The zero-order valence-corrected chi connectivity index (χ0v) is 19.6. The minimum absolute atomic E-state index is 0.217. The van der Waals surface area contributed by atoms with Gasteiger partial charge in [-0.1, -0.05) is 11.8 Å². The first kappa shape index (κ1) is 22.8. The summed E-state index contributed by atoms with van der Waals surface area (Å²) in [7, 11) is 0. The number of nitrogens with zero attached hydrogens (tertiary/aromatic N) is 3. The Labute approximate surface area is 205 Å². The highest BCUT2D eigenvalue weighted by Crippen LogP contribution is 2.34. The number of hydrogen-bond donors (Lipinski definition) is 3. The van der Waals surface area contributed by atoms with Gasteiger partial charge in [-0.3, -0.25) is 5.73 Å². The number of anilines is 3. The average Bonchev–Trinajstić information content (AvgIpc) is 3.31. The summed E-state index contributed by atoms with van der Waals surface area (Å²) in [5.74, 6) is 1.08. The van der Waals surface area contributed by atoms with E-state index in [1.165, 1.54) is 10.5 Å². The summed E-state index contributed by atoms with van der Waals surface area (Å²) in [4.78, 5) is 21.8. The molecule has 2 aliphatic heterocycles. The molecular weight excluding hydrogens is 470 g/mol. The molecule has 0 radical (unpaired) electrons. The van der Waals surface area contributed by atoms with E-state index in [9.17, 15) is 15.2 Å². The molecule has 2 aliphatic rings. The second kappa shape index (κ2) is 9.36. The van der Waals surface area contributed by atoms with Crippen molar-refractivity contribution in [2.24, 2.45) is 0 Å². The van der Waals surface area contributed by atoms with Crippen molar-refractivity contribution < 1.29 is 29.3 Å². The van der Waals surface area contributed by atoms with Crippen molar-refractivity contribution in [2.75, 3.05) is 55.1 Å². The Morgan fingerprint density at radius 3 is 2.77 bits per heavy atom. The maximum absolute atomic E-state index is 10.9. The minimum atomic E-state index is -1.20. The number of quaternary nitrogens is 1. The van der Waals surface area contributed by atoms with E-state index in [-0.39, 0.29) is 24.2 Å². The van der Waals surface area contributed by atoms with Gasteiger partial charge in [0.2, 0.25) is 6.79 Å². The Balaban J connectivity index is 1.37. The molecule has 12 heteroatoms. The third-order valence-corrected chi connectivity index (χ3v) is 7.08. The van der Waals surface area contributed by atoms with Crippen LogP contribution in [-0.2, 0) is 11.3 Å². The van der Waals surface area contributed by atoms with Gasteiger partial charge in [-0.05, 0) is 18.2 Å². The van der Waals surface area contributed by atoms with Crippen LogP contribution in [0.25, 0.3) is 10.8 Å². The van der Waals surface area contributed by atoms with Crippen LogP contribution in [0.5, 0.6) is 11.5 Å². The lowest BCUT2D eigenvalue weighted by Crippen LogP contribution is -3.13. The molecule has 0 spiro atoms. The number of thioether (sulfide) groups is 1. The summed E-state index contributed by atoms with van der Waals surface area (Å²) >= 11 is 1.03. The first-order valence-corrected chi connectivity index (χ1v) is 12.1. The zero-order chi connectivity index (χ0) is 24.5. The van der Waals surface area contributed by atoms with E-state index in [1.807, 2.05) is 12.1 Å². The standard InChI is InChI=1S/C23H23N7O4S/c24-9-15-14-8-18(35-11-19(31)32)27-21(25)20(14)22(26)28-23(15)30-5-3-29(4-6-30)10-13-1-2-16-17(7-13)34-12-33-16/h1-2,7-8H,3-6,10-12H2,(H2,25,27)(H2,26,28)(H,31,32)/p+1. The molecule has 0 aliphatic carbocycles. The quantitative estimate of drug-likeness (QED) is 0.345. The van der Waals surface area contributed by atoms with Crippen LogP contribution < -0.4 is 40.8 Å². The topological polar surface area (TPSA) is 169 Å². The second-order valence-corrected chi connectivity index (χ2v) is 9.42. The normalized spacial score (nSPS) is 15.3. The Morgan fingerprint density at radius 2 is 2.03 bits per heavy atom. The van der Waals surface area contributed by atoms with E-state index in [0.29, 0.717) is 40.3 Å². The van der Waals surface area contributed by atoms with Crippen LogP contribution in [0.15, 0.2) is 29.3 Å². The average molecular weight is 495 g/mol. The van der Waals surface area contributed by atoms with Gasteiger partial charge in [0.25, 0.3) is 5.82 Å². The molecule has 4 heterocycles. The van der Waals surface area contributed by atoms with Gasteiger partial charge >= 0.3 is 0 Å². The number of benzene rings is 1. The van der Waals surface area contributed by atoms with Gasteiger partial charge in [0.05, 0.1) is 32.1 Å². The number of carbonyl (C=O) groups excluding carboxylic acids is 1. The Hall–Kier alpha value is -3.95. The van der Waals surface area contributed by atoms with Gasteiger partial charge < -0.3 is 34.9 Å². The van der Waals surface area contributed by atoms with Gasteiger partial charge in [0, 0.05) is 22.8 Å². The third-order valence-electron chi connectivity index (χ3n) is 6.17. The highest BCUT2D eigenvalue weighted by molar-refractivity contribution is 7.99. The lowest BCUT2D eigenvalue weighted by Gasteiger charge is -2.33. The molecule has 0 saturated carbocycles. The van der Waals surface area contributed by atoms with E-state index in [1.54, 1.807) is 6.07 Å².